The Balaban J connectivity index is 2.85. The first-order valence-electron chi connectivity index (χ1n) is 6.70. The van der Waals surface area contributed by atoms with Crippen molar-refractivity contribution in [3.05, 3.63) is 46.0 Å². The number of amides is 1. The van der Waals surface area contributed by atoms with Crippen molar-refractivity contribution in [1.82, 2.24) is 0 Å². The summed E-state index contributed by atoms with van der Waals surface area (Å²) in [5.74, 6) is -0.737. The second-order valence-electron chi connectivity index (χ2n) is 5.46. The highest BCUT2D eigenvalue weighted by Crippen LogP contribution is 2.15. The minimum absolute atomic E-state index is 0.164. The maximum Gasteiger partial charge on any atom is 0.412 e. The van der Waals surface area contributed by atoms with Crippen LogP contribution in [0.3, 0.4) is 0 Å². The first-order valence-corrected chi connectivity index (χ1v) is 6.70. The Hall–Kier alpha value is -2.99. The number of nitrogens with zero attached hydrogens (tertiary/aromatic N) is 3. The quantitative estimate of drug-likeness (QED) is 0.298. The lowest BCUT2D eigenvalue weighted by Gasteiger charge is -2.19. The van der Waals surface area contributed by atoms with Crippen LogP contribution in [0.25, 0.3) is 16.5 Å². The van der Waals surface area contributed by atoms with Gasteiger partial charge in [0.25, 0.3) is 0 Å². The number of carbonyl (C=O) groups is 2. The average Bonchev–Trinajstić information content (AvgIpc) is 2.46. The van der Waals surface area contributed by atoms with E-state index in [1.165, 1.54) is 13.2 Å². The van der Waals surface area contributed by atoms with Gasteiger partial charge >= 0.3 is 12.1 Å². The molecule has 0 aliphatic carbocycles. The predicted molar refractivity (Wildman–Crippen MR) is 85.4 cm³/mol. The van der Waals surface area contributed by atoms with Crippen LogP contribution in [-0.4, -0.2) is 24.8 Å². The van der Waals surface area contributed by atoms with E-state index in [1.54, 1.807) is 45.0 Å². The summed E-state index contributed by atoms with van der Waals surface area (Å²) in [6, 6.07) is 6.53. The molecule has 23 heavy (non-hydrogen) atoms. The lowest BCUT2D eigenvalue weighted by atomic mass is 10.1. The Kier molecular flexibility index (Phi) is 6.17. The van der Waals surface area contributed by atoms with Gasteiger partial charge in [-0.15, -0.1) is 0 Å². The summed E-state index contributed by atoms with van der Waals surface area (Å²) in [6.07, 6.45) is 0.813. The Morgan fingerprint density at radius 1 is 1.26 bits per heavy atom. The third-order valence-electron chi connectivity index (χ3n) is 2.41. The van der Waals surface area contributed by atoms with E-state index in [9.17, 15) is 9.59 Å². The molecule has 0 radical (unpaired) electrons. The molecule has 0 saturated heterocycles. The summed E-state index contributed by atoms with van der Waals surface area (Å²) < 4.78 is 9.65. The van der Waals surface area contributed by atoms with Crippen molar-refractivity contribution in [1.29, 1.82) is 0 Å². The van der Waals surface area contributed by atoms with Crippen molar-refractivity contribution in [2.45, 2.75) is 26.4 Å². The maximum absolute atomic E-state index is 11.6. The largest absolute Gasteiger partial charge is 0.466 e. The summed E-state index contributed by atoms with van der Waals surface area (Å²) in [6.45, 7) is 5.31. The Bertz CT molecular complexity index is 653. The molecule has 122 valence electrons. The van der Waals surface area contributed by atoms with Crippen molar-refractivity contribution in [2.75, 3.05) is 12.4 Å². The topological polar surface area (TPSA) is 113 Å². The van der Waals surface area contributed by atoms with Crippen LogP contribution >= 0.6 is 0 Å². The van der Waals surface area contributed by atoms with Crippen molar-refractivity contribution >= 4 is 23.8 Å². The number of ether oxygens (including phenoxy) is 2. The van der Waals surface area contributed by atoms with Crippen LogP contribution in [-0.2, 0) is 14.3 Å². The summed E-state index contributed by atoms with van der Waals surface area (Å²) in [4.78, 5) is 25.6. The van der Waals surface area contributed by atoms with Gasteiger partial charge in [-0.1, -0.05) is 17.2 Å². The minimum atomic E-state index is -0.737. The molecular formula is C15H18N4O4. The molecule has 1 N–H and O–H groups in total. The van der Waals surface area contributed by atoms with E-state index in [0.29, 0.717) is 11.3 Å². The molecular weight excluding hydrogens is 300 g/mol. The molecule has 0 saturated carbocycles. The highest BCUT2D eigenvalue weighted by Gasteiger charge is 2.16. The number of benzene rings is 1. The van der Waals surface area contributed by atoms with Crippen molar-refractivity contribution in [2.24, 2.45) is 5.11 Å². The monoisotopic (exact) mass is 318 g/mol. The van der Waals surface area contributed by atoms with E-state index in [1.807, 2.05) is 0 Å². The first-order chi connectivity index (χ1) is 10.7. The number of esters is 1. The molecule has 1 aromatic carbocycles. The summed E-state index contributed by atoms with van der Waals surface area (Å²) in [5.41, 5.74) is 8.83. The van der Waals surface area contributed by atoms with Crippen LogP contribution in [0.1, 0.15) is 26.3 Å². The van der Waals surface area contributed by atoms with Gasteiger partial charge in [0, 0.05) is 10.6 Å². The van der Waals surface area contributed by atoms with Crippen LogP contribution in [0.4, 0.5) is 10.5 Å². The molecule has 0 aliphatic rings. The van der Waals surface area contributed by atoms with Crippen LogP contribution in [0, 0.1) is 0 Å². The highest BCUT2D eigenvalue weighted by molar-refractivity contribution is 5.93. The molecule has 0 heterocycles. The van der Waals surface area contributed by atoms with Crippen molar-refractivity contribution in [3.8, 4) is 0 Å². The molecule has 0 fully saturated rings. The zero-order valence-corrected chi connectivity index (χ0v) is 13.4. The Labute approximate surface area is 133 Å². The number of rotatable bonds is 4. The summed E-state index contributed by atoms with van der Waals surface area (Å²) >= 11 is 0. The molecule has 0 atom stereocenters. The fraction of sp³-hybridized carbons (Fsp3) is 0.333. The van der Waals surface area contributed by atoms with Gasteiger partial charge < -0.3 is 9.47 Å². The fourth-order valence-electron chi connectivity index (χ4n) is 1.52. The zero-order valence-electron chi connectivity index (χ0n) is 13.4. The smallest absolute Gasteiger partial charge is 0.412 e. The third-order valence-corrected chi connectivity index (χ3v) is 2.41. The van der Waals surface area contributed by atoms with E-state index >= 15 is 0 Å². The second-order valence-corrected chi connectivity index (χ2v) is 5.46. The van der Waals surface area contributed by atoms with Crippen LogP contribution in [0.2, 0.25) is 0 Å². The van der Waals surface area contributed by atoms with Crippen LogP contribution in [0.5, 0.6) is 0 Å². The van der Waals surface area contributed by atoms with Gasteiger partial charge in [-0.05, 0) is 50.1 Å². The van der Waals surface area contributed by atoms with Gasteiger partial charge in [0.05, 0.1) is 7.11 Å². The number of nitrogens with one attached hydrogen (secondary N) is 1. The number of hydrogen-bond acceptors (Lipinski definition) is 5. The molecule has 0 bridgehead atoms. The number of carbonyl (C=O) groups excluding carboxylic acids is 2. The number of hydrogen-bond donors (Lipinski definition) is 1. The van der Waals surface area contributed by atoms with E-state index < -0.39 is 17.7 Å². The first kappa shape index (κ1) is 18.1. The van der Waals surface area contributed by atoms with Crippen molar-refractivity contribution < 1.29 is 19.1 Å². The third kappa shape index (κ3) is 6.54. The second kappa shape index (κ2) is 7.86. The minimum Gasteiger partial charge on any atom is -0.466 e. The van der Waals surface area contributed by atoms with Gasteiger partial charge in [-0.2, -0.15) is 0 Å². The Morgan fingerprint density at radius 2 is 1.87 bits per heavy atom. The van der Waals surface area contributed by atoms with Gasteiger partial charge in [0.2, 0.25) is 0 Å². The molecule has 1 amide bonds. The lowest BCUT2D eigenvalue weighted by molar-refractivity contribution is -0.136. The SMILES string of the molecule is COC(=O)C(=Cc1ccc(NC(=O)OC(C)(C)C)cc1)N=[N+]=[N-]. The molecule has 0 aromatic heterocycles. The summed E-state index contributed by atoms with van der Waals surface area (Å²) in [5, 5.41) is 5.86. The van der Waals surface area contributed by atoms with Gasteiger partial charge in [0.1, 0.15) is 11.3 Å². The Morgan fingerprint density at radius 3 is 2.35 bits per heavy atom. The standard InChI is InChI=1S/C15H18N4O4/c1-15(2,3)23-14(21)17-11-7-5-10(6-8-11)9-12(18-19-16)13(20)22-4/h5-9H,1-4H3,(H,17,21). The fourth-order valence-corrected chi connectivity index (χ4v) is 1.52. The van der Waals surface area contributed by atoms with Gasteiger partial charge in [0.15, 0.2) is 0 Å². The number of azide groups is 1. The van der Waals surface area contributed by atoms with Crippen LogP contribution < -0.4 is 5.32 Å². The van der Waals surface area contributed by atoms with Crippen molar-refractivity contribution in [3.63, 3.8) is 0 Å². The molecule has 8 nitrogen and oxygen atoms in total. The molecule has 1 aromatic rings. The zero-order chi connectivity index (χ0) is 17.5. The molecule has 8 heteroatoms. The molecule has 1 rings (SSSR count). The van der Waals surface area contributed by atoms with E-state index in [2.05, 4.69) is 20.1 Å². The molecule has 0 unspecified atom stereocenters. The average molecular weight is 318 g/mol. The summed E-state index contributed by atoms with van der Waals surface area (Å²) in [7, 11) is 1.19. The van der Waals surface area contributed by atoms with Gasteiger partial charge in [-0.3, -0.25) is 5.32 Å². The van der Waals surface area contributed by atoms with E-state index in [-0.39, 0.29) is 5.70 Å². The van der Waals surface area contributed by atoms with Crippen LogP contribution in [0.15, 0.2) is 35.1 Å². The number of anilines is 1. The molecule has 0 aliphatic heterocycles. The highest BCUT2D eigenvalue weighted by atomic mass is 16.6. The normalized spacial score (nSPS) is 11.2. The predicted octanol–water partition coefficient (Wildman–Crippen LogP) is 3.86. The number of methoxy groups -OCH3 is 1. The van der Waals surface area contributed by atoms with E-state index in [0.717, 1.165) is 0 Å². The molecule has 0 spiro atoms. The van der Waals surface area contributed by atoms with Gasteiger partial charge in [-0.25, -0.2) is 9.59 Å². The van der Waals surface area contributed by atoms with E-state index in [4.69, 9.17) is 10.3 Å². The lowest BCUT2D eigenvalue weighted by Crippen LogP contribution is -2.27. The maximum atomic E-state index is 11.6.